The summed E-state index contributed by atoms with van der Waals surface area (Å²) in [6.45, 7) is 7.29. The SMILES string of the molecule is CC1CC(C)CN(CCS(C)(=O)=O)C1. The highest BCUT2D eigenvalue weighted by molar-refractivity contribution is 7.90. The first-order valence-corrected chi connectivity index (χ1v) is 7.33. The Balaban J connectivity index is 2.38. The molecule has 4 heteroatoms. The minimum Gasteiger partial charge on any atom is -0.302 e. The van der Waals surface area contributed by atoms with Crippen molar-refractivity contribution in [1.82, 2.24) is 4.90 Å². The van der Waals surface area contributed by atoms with E-state index < -0.39 is 9.84 Å². The van der Waals surface area contributed by atoms with Gasteiger partial charge in [-0.3, -0.25) is 0 Å². The van der Waals surface area contributed by atoms with E-state index in [1.165, 1.54) is 12.7 Å². The van der Waals surface area contributed by atoms with Crippen molar-refractivity contribution in [2.45, 2.75) is 20.3 Å². The first kappa shape index (κ1) is 12.0. The predicted molar refractivity (Wildman–Crippen MR) is 59.1 cm³/mol. The molecule has 0 amide bonds. The Morgan fingerprint density at radius 3 is 2.14 bits per heavy atom. The maximum atomic E-state index is 11.0. The molecule has 84 valence electrons. The predicted octanol–water partition coefficient (Wildman–Crippen LogP) is 1.01. The lowest BCUT2D eigenvalue weighted by atomic mass is 9.92. The van der Waals surface area contributed by atoms with Gasteiger partial charge in [0.15, 0.2) is 0 Å². The van der Waals surface area contributed by atoms with Gasteiger partial charge in [0.2, 0.25) is 0 Å². The average Bonchev–Trinajstić information content (AvgIpc) is 1.97. The highest BCUT2D eigenvalue weighted by Crippen LogP contribution is 2.20. The van der Waals surface area contributed by atoms with Crippen molar-refractivity contribution in [1.29, 1.82) is 0 Å². The standard InChI is InChI=1S/C10H21NO2S/c1-9-6-10(2)8-11(7-9)4-5-14(3,12)13/h9-10H,4-8H2,1-3H3. The minimum atomic E-state index is -2.80. The summed E-state index contributed by atoms with van der Waals surface area (Å²) >= 11 is 0. The van der Waals surface area contributed by atoms with Gasteiger partial charge < -0.3 is 4.90 Å². The molecule has 1 saturated heterocycles. The second kappa shape index (κ2) is 4.62. The van der Waals surface area contributed by atoms with Crippen LogP contribution in [0.4, 0.5) is 0 Å². The van der Waals surface area contributed by atoms with E-state index in [0.717, 1.165) is 13.1 Å². The van der Waals surface area contributed by atoms with E-state index in [-0.39, 0.29) is 0 Å². The molecule has 0 aliphatic carbocycles. The van der Waals surface area contributed by atoms with Crippen molar-refractivity contribution in [3.63, 3.8) is 0 Å². The molecule has 1 fully saturated rings. The Morgan fingerprint density at radius 1 is 1.21 bits per heavy atom. The van der Waals surface area contributed by atoms with Gasteiger partial charge in [0.05, 0.1) is 5.75 Å². The summed E-state index contributed by atoms with van der Waals surface area (Å²) in [7, 11) is -2.80. The van der Waals surface area contributed by atoms with Gasteiger partial charge in [-0.1, -0.05) is 13.8 Å². The molecule has 1 rings (SSSR count). The molecule has 2 atom stereocenters. The fourth-order valence-electron chi connectivity index (χ4n) is 2.27. The Hall–Kier alpha value is -0.0900. The number of piperidine rings is 1. The zero-order chi connectivity index (χ0) is 10.8. The lowest BCUT2D eigenvalue weighted by Crippen LogP contribution is -2.40. The van der Waals surface area contributed by atoms with Crippen LogP contribution in [0, 0.1) is 11.8 Å². The van der Waals surface area contributed by atoms with E-state index in [2.05, 4.69) is 18.7 Å². The van der Waals surface area contributed by atoms with Gasteiger partial charge in [-0.15, -0.1) is 0 Å². The van der Waals surface area contributed by atoms with Crippen LogP contribution in [0.1, 0.15) is 20.3 Å². The Labute approximate surface area is 87.4 Å². The third-order valence-electron chi connectivity index (χ3n) is 2.72. The maximum absolute atomic E-state index is 11.0. The Morgan fingerprint density at radius 2 is 1.71 bits per heavy atom. The average molecular weight is 219 g/mol. The van der Waals surface area contributed by atoms with Gasteiger partial charge in [0.1, 0.15) is 9.84 Å². The molecule has 0 aromatic heterocycles. The second-order valence-electron chi connectivity index (χ2n) is 4.84. The molecule has 0 spiro atoms. The van der Waals surface area contributed by atoms with E-state index in [1.54, 1.807) is 0 Å². The Kier molecular flexibility index (Phi) is 3.95. The molecule has 1 aliphatic rings. The molecule has 0 radical (unpaired) electrons. The molecule has 0 saturated carbocycles. The monoisotopic (exact) mass is 219 g/mol. The van der Waals surface area contributed by atoms with E-state index in [4.69, 9.17) is 0 Å². The molecule has 0 bridgehead atoms. The highest BCUT2D eigenvalue weighted by atomic mass is 32.2. The maximum Gasteiger partial charge on any atom is 0.148 e. The zero-order valence-electron chi connectivity index (χ0n) is 9.36. The van der Waals surface area contributed by atoms with Crippen molar-refractivity contribution in [3.05, 3.63) is 0 Å². The van der Waals surface area contributed by atoms with Crippen molar-refractivity contribution in [3.8, 4) is 0 Å². The van der Waals surface area contributed by atoms with Crippen LogP contribution in [0.3, 0.4) is 0 Å². The van der Waals surface area contributed by atoms with E-state index in [0.29, 0.717) is 24.1 Å². The third kappa shape index (κ3) is 4.42. The summed E-state index contributed by atoms with van der Waals surface area (Å²) in [6.07, 6.45) is 2.58. The fourth-order valence-corrected chi connectivity index (χ4v) is 2.86. The summed E-state index contributed by atoms with van der Waals surface area (Å²) in [5.41, 5.74) is 0. The Bertz CT molecular complexity index is 264. The second-order valence-corrected chi connectivity index (χ2v) is 7.10. The highest BCUT2D eigenvalue weighted by Gasteiger charge is 2.21. The summed E-state index contributed by atoms with van der Waals surface area (Å²) in [6, 6.07) is 0. The van der Waals surface area contributed by atoms with Crippen LogP contribution in [-0.4, -0.2) is 45.0 Å². The van der Waals surface area contributed by atoms with Gasteiger partial charge in [0, 0.05) is 25.9 Å². The summed E-state index contributed by atoms with van der Waals surface area (Å²) in [5.74, 6) is 1.71. The summed E-state index contributed by atoms with van der Waals surface area (Å²) in [4.78, 5) is 2.28. The van der Waals surface area contributed by atoms with Gasteiger partial charge in [0.25, 0.3) is 0 Å². The topological polar surface area (TPSA) is 37.4 Å². The smallest absolute Gasteiger partial charge is 0.148 e. The first-order chi connectivity index (χ1) is 6.37. The molecular formula is C10H21NO2S. The number of nitrogens with zero attached hydrogens (tertiary/aromatic N) is 1. The quantitative estimate of drug-likeness (QED) is 0.711. The van der Waals surface area contributed by atoms with Crippen LogP contribution in [0.2, 0.25) is 0 Å². The van der Waals surface area contributed by atoms with Crippen LogP contribution in [0.15, 0.2) is 0 Å². The van der Waals surface area contributed by atoms with Gasteiger partial charge >= 0.3 is 0 Å². The third-order valence-corrected chi connectivity index (χ3v) is 3.65. The molecule has 14 heavy (non-hydrogen) atoms. The number of sulfone groups is 1. The van der Waals surface area contributed by atoms with Crippen LogP contribution >= 0.6 is 0 Å². The van der Waals surface area contributed by atoms with E-state index in [9.17, 15) is 8.42 Å². The van der Waals surface area contributed by atoms with Gasteiger partial charge in [-0.2, -0.15) is 0 Å². The molecule has 1 aliphatic heterocycles. The lowest BCUT2D eigenvalue weighted by Gasteiger charge is -2.34. The molecule has 0 aromatic carbocycles. The van der Waals surface area contributed by atoms with Crippen LogP contribution in [0.5, 0.6) is 0 Å². The largest absolute Gasteiger partial charge is 0.302 e. The van der Waals surface area contributed by atoms with Gasteiger partial charge in [-0.25, -0.2) is 8.42 Å². The molecule has 3 nitrogen and oxygen atoms in total. The van der Waals surface area contributed by atoms with Crippen molar-refractivity contribution < 1.29 is 8.42 Å². The molecule has 0 aromatic rings. The fraction of sp³-hybridized carbons (Fsp3) is 1.00. The van der Waals surface area contributed by atoms with Crippen LogP contribution in [0.25, 0.3) is 0 Å². The summed E-state index contributed by atoms with van der Waals surface area (Å²) in [5, 5.41) is 0. The van der Waals surface area contributed by atoms with Crippen LogP contribution < -0.4 is 0 Å². The molecule has 1 heterocycles. The minimum absolute atomic E-state index is 0.298. The van der Waals surface area contributed by atoms with Crippen LogP contribution in [-0.2, 0) is 9.84 Å². The number of likely N-dealkylation sites (tertiary alicyclic amines) is 1. The van der Waals surface area contributed by atoms with Crippen molar-refractivity contribution >= 4 is 9.84 Å². The normalized spacial score (nSPS) is 30.5. The number of rotatable bonds is 3. The summed E-state index contributed by atoms with van der Waals surface area (Å²) < 4.78 is 22.0. The van der Waals surface area contributed by atoms with Gasteiger partial charge in [-0.05, 0) is 18.3 Å². The van der Waals surface area contributed by atoms with Crippen molar-refractivity contribution in [2.24, 2.45) is 11.8 Å². The van der Waals surface area contributed by atoms with Crippen molar-refractivity contribution in [2.75, 3.05) is 31.6 Å². The number of hydrogen-bond acceptors (Lipinski definition) is 3. The molecular weight excluding hydrogens is 198 g/mol. The molecule has 0 N–H and O–H groups in total. The van der Waals surface area contributed by atoms with E-state index in [1.807, 2.05) is 0 Å². The number of hydrogen-bond donors (Lipinski definition) is 0. The zero-order valence-corrected chi connectivity index (χ0v) is 10.2. The molecule has 2 unspecified atom stereocenters. The van der Waals surface area contributed by atoms with E-state index >= 15 is 0 Å². The lowest BCUT2D eigenvalue weighted by molar-refractivity contribution is 0.148. The first-order valence-electron chi connectivity index (χ1n) is 5.27.